The molecule has 0 unspecified atom stereocenters. The fraction of sp³-hybridized carbons (Fsp3) is 0.259. The quantitative estimate of drug-likeness (QED) is 0.619. The zero-order valence-electron chi connectivity index (χ0n) is 18.2. The van der Waals surface area contributed by atoms with Crippen LogP contribution in [0.25, 0.3) is 0 Å². The second-order valence-corrected chi connectivity index (χ2v) is 8.59. The molecule has 5 rings (SSSR count). The lowest BCUT2D eigenvalue weighted by atomic mass is 9.79. The summed E-state index contributed by atoms with van der Waals surface area (Å²) >= 11 is 0. The molecule has 2 amide bonds. The SMILES string of the molecule is COc1cccc([C@@H]2[C@@H](C(=O)Nc3ccc(C)cc3)c3ccccc3C(=O)N2C2CC2)c1. The molecule has 5 nitrogen and oxygen atoms in total. The molecule has 1 aliphatic heterocycles. The van der Waals surface area contributed by atoms with Crippen LogP contribution < -0.4 is 10.1 Å². The lowest BCUT2D eigenvalue weighted by molar-refractivity contribution is -0.119. The van der Waals surface area contributed by atoms with Gasteiger partial charge >= 0.3 is 0 Å². The molecule has 32 heavy (non-hydrogen) atoms. The molecule has 0 saturated heterocycles. The zero-order valence-corrected chi connectivity index (χ0v) is 18.2. The molecule has 3 aromatic carbocycles. The van der Waals surface area contributed by atoms with Crippen LogP contribution >= 0.6 is 0 Å². The van der Waals surface area contributed by atoms with Crippen molar-refractivity contribution in [2.45, 2.75) is 37.8 Å². The van der Waals surface area contributed by atoms with E-state index in [9.17, 15) is 9.59 Å². The predicted octanol–water partition coefficient (Wildman–Crippen LogP) is 5.09. The summed E-state index contributed by atoms with van der Waals surface area (Å²) in [5.41, 5.74) is 4.17. The van der Waals surface area contributed by atoms with Crippen molar-refractivity contribution in [1.82, 2.24) is 4.90 Å². The zero-order chi connectivity index (χ0) is 22.2. The van der Waals surface area contributed by atoms with E-state index in [1.807, 2.05) is 84.6 Å². The van der Waals surface area contributed by atoms with Crippen LogP contribution in [-0.2, 0) is 4.79 Å². The smallest absolute Gasteiger partial charge is 0.254 e. The van der Waals surface area contributed by atoms with Gasteiger partial charge < -0.3 is 15.0 Å². The van der Waals surface area contributed by atoms with Gasteiger partial charge in [0.1, 0.15) is 5.75 Å². The summed E-state index contributed by atoms with van der Waals surface area (Å²) in [5, 5.41) is 3.09. The highest BCUT2D eigenvalue weighted by Crippen LogP contribution is 2.48. The third kappa shape index (κ3) is 3.64. The minimum atomic E-state index is -0.530. The number of carbonyl (C=O) groups is 2. The molecular formula is C27H26N2O3. The molecule has 0 bridgehead atoms. The fourth-order valence-electron chi connectivity index (χ4n) is 4.62. The Labute approximate surface area is 188 Å². The number of methoxy groups -OCH3 is 1. The van der Waals surface area contributed by atoms with Crippen LogP contribution in [0.5, 0.6) is 5.75 Å². The molecule has 0 spiro atoms. The second-order valence-electron chi connectivity index (χ2n) is 8.59. The first kappa shape index (κ1) is 20.3. The number of ether oxygens (including phenoxy) is 1. The summed E-state index contributed by atoms with van der Waals surface area (Å²) < 4.78 is 5.45. The first-order chi connectivity index (χ1) is 15.6. The van der Waals surface area contributed by atoms with Crippen LogP contribution in [0.15, 0.2) is 72.8 Å². The van der Waals surface area contributed by atoms with Crippen LogP contribution in [0.1, 0.15) is 51.8 Å². The summed E-state index contributed by atoms with van der Waals surface area (Å²) in [7, 11) is 1.63. The number of nitrogens with one attached hydrogen (secondary N) is 1. The van der Waals surface area contributed by atoms with Crippen LogP contribution in [-0.4, -0.2) is 29.9 Å². The normalized spacial score (nSPS) is 19.9. The highest BCUT2D eigenvalue weighted by molar-refractivity contribution is 6.04. The van der Waals surface area contributed by atoms with Gasteiger partial charge in [-0.05, 0) is 61.2 Å². The monoisotopic (exact) mass is 426 g/mol. The topological polar surface area (TPSA) is 58.6 Å². The minimum absolute atomic E-state index is 0.00435. The molecular weight excluding hydrogens is 400 g/mol. The predicted molar refractivity (Wildman–Crippen MR) is 124 cm³/mol. The number of hydrogen-bond donors (Lipinski definition) is 1. The van der Waals surface area contributed by atoms with E-state index in [0.29, 0.717) is 11.3 Å². The number of aryl methyl sites for hydroxylation is 1. The average molecular weight is 427 g/mol. The molecule has 2 aliphatic rings. The largest absolute Gasteiger partial charge is 0.497 e. The van der Waals surface area contributed by atoms with E-state index in [-0.39, 0.29) is 17.9 Å². The van der Waals surface area contributed by atoms with Crippen LogP contribution in [0.2, 0.25) is 0 Å². The van der Waals surface area contributed by atoms with Crippen molar-refractivity contribution < 1.29 is 14.3 Å². The second kappa shape index (κ2) is 8.15. The van der Waals surface area contributed by atoms with E-state index in [2.05, 4.69) is 5.32 Å². The number of fused-ring (bicyclic) bond motifs is 1. The molecule has 162 valence electrons. The van der Waals surface area contributed by atoms with Gasteiger partial charge in [-0.25, -0.2) is 0 Å². The van der Waals surface area contributed by atoms with Gasteiger partial charge in [0.15, 0.2) is 0 Å². The molecule has 5 heteroatoms. The minimum Gasteiger partial charge on any atom is -0.497 e. The van der Waals surface area contributed by atoms with Crippen molar-refractivity contribution in [3.05, 3.63) is 95.1 Å². The lowest BCUT2D eigenvalue weighted by Gasteiger charge is -2.42. The molecule has 3 aromatic rings. The number of carbonyl (C=O) groups excluding carboxylic acids is 2. The maximum absolute atomic E-state index is 13.8. The fourth-order valence-corrected chi connectivity index (χ4v) is 4.62. The Morgan fingerprint density at radius 1 is 1.00 bits per heavy atom. The van der Waals surface area contributed by atoms with Gasteiger partial charge in [0.25, 0.3) is 5.91 Å². The lowest BCUT2D eigenvalue weighted by Crippen LogP contribution is -2.47. The Kier molecular flexibility index (Phi) is 5.17. The summed E-state index contributed by atoms with van der Waals surface area (Å²) in [5.74, 6) is 0.0581. The van der Waals surface area contributed by atoms with Gasteiger partial charge in [0.05, 0.1) is 19.1 Å². The molecule has 0 aromatic heterocycles. The van der Waals surface area contributed by atoms with E-state index >= 15 is 0 Å². The highest BCUT2D eigenvalue weighted by Gasteiger charge is 2.49. The van der Waals surface area contributed by atoms with E-state index in [0.717, 1.165) is 35.2 Å². The summed E-state index contributed by atoms with van der Waals surface area (Å²) in [6.07, 6.45) is 1.92. The Hall–Kier alpha value is -3.60. The molecule has 1 aliphatic carbocycles. The molecule has 1 fully saturated rings. The van der Waals surface area contributed by atoms with Gasteiger partial charge in [-0.2, -0.15) is 0 Å². The number of hydrogen-bond acceptors (Lipinski definition) is 3. The van der Waals surface area contributed by atoms with Crippen molar-refractivity contribution >= 4 is 17.5 Å². The third-order valence-corrected chi connectivity index (χ3v) is 6.35. The Balaban J connectivity index is 1.63. The standard InChI is InChI=1S/C27H26N2O3/c1-17-10-12-19(13-11-17)28-26(30)24-22-8-3-4-9-23(22)27(31)29(20-14-15-20)25(24)18-6-5-7-21(16-18)32-2/h3-13,16,20,24-25H,14-15H2,1-2H3,(H,28,30)/t24-,25+/m0/s1. The molecule has 1 saturated carbocycles. The number of anilines is 1. The van der Waals surface area contributed by atoms with Gasteiger partial charge in [0.2, 0.25) is 5.91 Å². The Bertz CT molecular complexity index is 1170. The van der Waals surface area contributed by atoms with Crippen LogP contribution in [0.4, 0.5) is 5.69 Å². The molecule has 2 atom stereocenters. The number of amides is 2. The van der Waals surface area contributed by atoms with Crippen molar-refractivity contribution in [1.29, 1.82) is 0 Å². The van der Waals surface area contributed by atoms with Gasteiger partial charge in [-0.15, -0.1) is 0 Å². The Morgan fingerprint density at radius 3 is 2.47 bits per heavy atom. The van der Waals surface area contributed by atoms with Gasteiger partial charge in [-0.3, -0.25) is 9.59 Å². The van der Waals surface area contributed by atoms with Crippen molar-refractivity contribution in [3.63, 3.8) is 0 Å². The maximum atomic E-state index is 13.8. The third-order valence-electron chi connectivity index (χ3n) is 6.35. The van der Waals surface area contributed by atoms with Crippen molar-refractivity contribution in [2.75, 3.05) is 12.4 Å². The number of rotatable bonds is 5. The molecule has 1 N–H and O–H groups in total. The van der Waals surface area contributed by atoms with Crippen molar-refractivity contribution in [2.24, 2.45) is 0 Å². The first-order valence-electron chi connectivity index (χ1n) is 11.0. The van der Waals surface area contributed by atoms with Crippen LogP contribution in [0, 0.1) is 6.92 Å². The maximum Gasteiger partial charge on any atom is 0.254 e. The molecule has 1 heterocycles. The Morgan fingerprint density at radius 2 is 1.75 bits per heavy atom. The van der Waals surface area contributed by atoms with Crippen molar-refractivity contribution in [3.8, 4) is 5.75 Å². The number of nitrogens with zero attached hydrogens (tertiary/aromatic N) is 1. The van der Waals surface area contributed by atoms with Crippen LogP contribution in [0.3, 0.4) is 0 Å². The summed E-state index contributed by atoms with van der Waals surface area (Å²) in [6.45, 7) is 2.01. The van der Waals surface area contributed by atoms with E-state index < -0.39 is 12.0 Å². The average Bonchev–Trinajstić information content (AvgIpc) is 3.65. The highest BCUT2D eigenvalue weighted by atomic mass is 16.5. The first-order valence-corrected chi connectivity index (χ1v) is 11.0. The van der Waals surface area contributed by atoms with E-state index in [1.54, 1.807) is 7.11 Å². The van der Waals surface area contributed by atoms with E-state index in [4.69, 9.17) is 4.74 Å². The van der Waals surface area contributed by atoms with Gasteiger partial charge in [0, 0.05) is 17.3 Å². The summed E-state index contributed by atoms with van der Waals surface area (Å²) in [4.78, 5) is 29.3. The summed E-state index contributed by atoms with van der Waals surface area (Å²) in [6, 6.07) is 22.7. The van der Waals surface area contributed by atoms with Gasteiger partial charge in [-0.1, -0.05) is 48.0 Å². The van der Waals surface area contributed by atoms with E-state index in [1.165, 1.54) is 0 Å². The number of benzene rings is 3. The molecule has 0 radical (unpaired) electrons.